The number of aromatic nitrogens is 1. The summed E-state index contributed by atoms with van der Waals surface area (Å²) < 4.78 is 16.6. The number of pyridine rings is 1. The summed E-state index contributed by atoms with van der Waals surface area (Å²) in [6.45, 7) is 0. The number of hydrogen-bond donors (Lipinski definition) is 1. The van der Waals surface area contributed by atoms with Gasteiger partial charge in [0.05, 0.1) is 25.1 Å². The zero-order valence-electron chi connectivity index (χ0n) is 13.3. The van der Waals surface area contributed by atoms with Crippen molar-refractivity contribution >= 4 is 16.8 Å². The maximum atomic E-state index is 11.1. The fourth-order valence-corrected chi connectivity index (χ4v) is 2.37. The molecule has 3 aromatic rings. The molecule has 0 atom stereocenters. The van der Waals surface area contributed by atoms with Crippen LogP contribution in [0.4, 0.5) is 0 Å². The first-order chi connectivity index (χ1) is 11.6. The molecule has 3 rings (SSSR count). The van der Waals surface area contributed by atoms with E-state index in [1.807, 2.05) is 0 Å². The van der Waals surface area contributed by atoms with Gasteiger partial charge in [0.25, 0.3) is 0 Å². The summed E-state index contributed by atoms with van der Waals surface area (Å²) in [5, 5.41) is 0.736. The maximum absolute atomic E-state index is 11.1. The molecule has 6 nitrogen and oxygen atoms in total. The van der Waals surface area contributed by atoms with Gasteiger partial charge in [0.15, 0.2) is 0 Å². The van der Waals surface area contributed by atoms with E-state index in [2.05, 4.69) is 4.98 Å². The van der Waals surface area contributed by atoms with E-state index in [1.54, 1.807) is 62.9 Å². The SMILES string of the molecule is COc1cc(OC)c2c(Oc3ccc(C(N)=O)cc3)ccnc2c1. The molecule has 122 valence electrons. The Morgan fingerprint density at radius 3 is 2.33 bits per heavy atom. The standard InChI is InChI=1S/C18H16N2O4/c1-22-13-9-14-17(16(10-13)23-2)15(7-8-20-14)24-12-5-3-11(4-6-12)18(19)21/h3-10H,1-2H3,(H2,19,21). The van der Waals surface area contributed by atoms with Crippen LogP contribution in [0.2, 0.25) is 0 Å². The Labute approximate surface area is 138 Å². The van der Waals surface area contributed by atoms with Crippen molar-refractivity contribution in [3.63, 3.8) is 0 Å². The van der Waals surface area contributed by atoms with E-state index in [1.165, 1.54) is 0 Å². The van der Waals surface area contributed by atoms with Crippen LogP contribution in [0.25, 0.3) is 10.9 Å². The van der Waals surface area contributed by atoms with Crippen molar-refractivity contribution < 1.29 is 19.0 Å². The maximum Gasteiger partial charge on any atom is 0.248 e. The number of nitrogens with zero attached hydrogens (tertiary/aromatic N) is 1. The number of fused-ring (bicyclic) bond motifs is 1. The summed E-state index contributed by atoms with van der Waals surface area (Å²) in [4.78, 5) is 15.5. The molecule has 0 aliphatic rings. The first-order valence-electron chi connectivity index (χ1n) is 7.21. The van der Waals surface area contributed by atoms with Crippen LogP contribution in [-0.4, -0.2) is 25.1 Å². The van der Waals surface area contributed by atoms with Gasteiger partial charge in [-0.2, -0.15) is 0 Å². The monoisotopic (exact) mass is 324 g/mol. The van der Waals surface area contributed by atoms with Gasteiger partial charge in [-0.15, -0.1) is 0 Å². The van der Waals surface area contributed by atoms with Gasteiger partial charge >= 0.3 is 0 Å². The van der Waals surface area contributed by atoms with E-state index in [0.29, 0.717) is 34.1 Å². The smallest absolute Gasteiger partial charge is 0.248 e. The van der Waals surface area contributed by atoms with Gasteiger partial charge in [0.1, 0.15) is 23.0 Å². The third-order valence-corrected chi connectivity index (χ3v) is 3.56. The normalized spacial score (nSPS) is 10.4. The second-order valence-corrected chi connectivity index (χ2v) is 5.02. The molecule has 0 radical (unpaired) electrons. The number of hydrogen-bond acceptors (Lipinski definition) is 5. The summed E-state index contributed by atoms with van der Waals surface area (Å²) in [5.74, 6) is 1.93. The lowest BCUT2D eigenvalue weighted by atomic mass is 10.1. The molecule has 0 aliphatic carbocycles. The van der Waals surface area contributed by atoms with E-state index in [0.717, 1.165) is 5.39 Å². The van der Waals surface area contributed by atoms with Crippen LogP contribution in [0, 0.1) is 0 Å². The van der Waals surface area contributed by atoms with Crippen molar-refractivity contribution in [2.45, 2.75) is 0 Å². The number of benzene rings is 2. The minimum absolute atomic E-state index is 0.421. The van der Waals surface area contributed by atoms with Crippen LogP contribution in [0.5, 0.6) is 23.0 Å². The van der Waals surface area contributed by atoms with Crippen LogP contribution in [-0.2, 0) is 0 Å². The zero-order chi connectivity index (χ0) is 17.1. The molecule has 1 aromatic heterocycles. The third-order valence-electron chi connectivity index (χ3n) is 3.56. The quantitative estimate of drug-likeness (QED) is 0.779. The highest BCUT2D eigenvalue weighted by Gasteiger charge is 2.13. The molecule has 2 N–H and O–H groups in total. The molecule has 0 aliphatic heterocycles. The Morgan fingerprint density at radius 2 is 1.71 bits per heavy atom. The van der Waals surface area contributed by atoms with Gasteiger partial charge in [-0.05, 0) is 30.3 Å². The van der Waals surface area contributed by atoms with Crippen molar-refractivity contribution in [1.29, 1.82) is 0 Å². The fourth-order valence-electron chi connectivity index (χ4n) is 2.37. The first kappa shape index (κ1) is 15.6. The molecular formula is C18H16N2O4. The van der Waals surface area contributed by atoms with Crippen molar-refractivity contribution in [3.05, 3.63) is 54.2 Å². The minimum Gasteiger partial charge on any atom is -0.497 e. The highest BCUT2D eigenvalue weighted by molar-refractivity contribution is 5.93. The van der Waals surface area contributed by atoms with Crippen LogP contribution in [0.3, 0.4) is 0 Å². The molecule has 0 bridgehead atoms. The second kappa shape index (κ2) is 6.45. The van der Waals surface area contributed by atoms with Crippen molar-refractivity contribution in [2.75, 3.05) is 14.2 Å². The second-order valence-electron chi connectivity index (χ2n) is 5.02. The average molecular weight is 324 g/mol. The number of ether oxygens (including phenoxy) is 3. The average Bonchev–Trinajstić information content (AvgIpc) is 2.61. The molecule has 24 heavy (non-hydrogen) atoms. The van der Waals surface area contributed by atoms with Gasteiger partial charge in [0.2, 0.25) is 5.91 Å². The number of carbonyl (C=O) groups excluding carboxylic acids is 1. The van der Waals surface area contributed by atoms with Crippen LogP contribution in [0.15, 0.2) is 48.7 Å². The van der Waals surface area contributed by atoms with E-state index in [-0.39, 0.29) is 0 Å². The molecule has 6 heteroatoms. The summed E-state index contributed by atoms with van der Waals surface area (Å²) in [6.07, 6.45) is 1.65. The van der Waals surface area contributed by atoms with E-state index in [4.69, 9.17) is 19.9 Å². The summed E-state index contributed by atoms with van der Waals surface area (Å²) in [5.41, 5.74) is 6.35. The summed E-state index contributed by atoms with van der Waals surface area (Å²) in [7, 11) is 3.16. The highest BCUT2D eigenvalue weighted by atomic mass is 16.5. The number of rotatable bonds is 5. The highest BCUT2D eigenvalue weighted by Crippen LogP contribution is 2.38. The summed E-state index contributed by atoms with van der Waals surface area (Å²) >= 11 is 0. The Hall–Kier alpha value is -3.28. The van der Waals surface area contributed by atoms with Crippen molar-refractivity contribution in [3.8, 4) is 23.0 Å². The fraction of sp³-hybridized carbons (Fsp3) is 0.111. The van der Waals surface area contributed by atoms with Gasteiger partial charge in [-0.25, -0.2) is 0 Å². The van der Waals surface area contributed by atoms with E-state index in [9.17, 15) is 4.79 Å². The number of amides is 1. The summed E-state index contributed by atoms with van der Waals surface area (Å²) in [6, 6.07) is 11.9. The number of primary amides is 1. The van der Waals surface area contributed by atoms with E-state index < -0.39 is 5.91 Å². The third kappa shape index (κ3) is 2.94. The molecule has 0 spiro atoms. The molecular weight excluding hydrogens is 308 g/mol. The Bertz CT molecular complexity index is 891. The van der Waals surface area contributed by atoms with Crippen LogP contribution < -0.4 is 19.9 Å². The van der Waals surface area contributed by atoms with Gasteiger partial charge in [-0.1, -0.05) is 0 Å². The Morgan fingerprint density at radius 1 is 0.958 bits per heavy atom. The lowest BCUT2D eigenvalue weighted by Gasteiger charge is -2.13. The predicted octanol–water partition coefficient (Wildman–Crippen LogP) is 3.14. The molecule has 0 unspecified atom stereocenters. The molecule has 1 heterocycles. The largest absolute Gasteiger partial charge is 0.497 e. The molecule has 2 aromatic carbocycles. The topological polar surface area (TPSA) is 83.7 Å². The number of nitrogens with two attached hydrogens (primary N) is 1. The zero-order valence-corrected chi connectivity index (χ0v) is 13.3. The molecule has 0 fully saturated rings. The van der Waals surface area contributed by atoms with Crippen LogP contribution >= 0.6 is 0 Å². The number of carbonyl (C=O) groups is 1. The molecule has 0 saturated heterocycles. The van der Waals surface area contributed by atoms with Gasteiger partial charge in [-0.3, -0.25) is 9.78 Å². The van der Waals surface area contributed by atoms with Crippen LogP contribution in [0.1, 0.15) is 10.4 Å². The van der Waals surface area contributed by atoms with Gasteiger partial charge in [0, 0.05) is 23.9 Å². The Balaban J connectivity index is 2.04. The van der Waals surface area contributed by atoms with Crippen molar-refractivity contribution in [2.24, 2.45) is 5.73 Å². The predicted molar refractivity (Wildman–Crippen MR) is 89.9 cm³/mol. The van der Waals surface area contributed by atoms with Crippen molar-refractivity contribution in [1.82, 2.24) is 4.98 Å². The minimum atomic E-state index is -0.482. The first-order valence-corrected chi connectivity index (χ1v) is 7.21. The van der Waals surface area contributed by atoms with E-state index >= 15 is 0 Å². The molecule has 1 amide bonds. The number of methoxy groups -OCH3 is 2. The lowest BCUT2D eigenvalue weighted by Crippen LogP contribution is -2.10. The lowest BCUT2D eigenvalue weighted by molar-refractivity contribution is 0.100. The molecule has 0 saturated carbocycles. The van der Waals surface area contributed by atoms with Gasteiger partial charge < -0.3 is 19.9 Å². The Kier molecular flexibility index (Phi) is 4.20.